The maximum absolute atomic E-state index is 11.9. The Bertz CT molecular complexity index is 125. The number of hydrogen-bond acceptors (Lipinski definition) is 2. The fourth-order valence-electron chi connectivity index (χ4n) is 0.196. The van der Waals surface area contributed by atoms with Crippen LogP contribution in [0.2, 0.25) is 0 Å². The number of alkyl halides is 3. The van der Waals surface area contributed by atoms with Crippen molar-refractivity contribution < 1.29 is 18.4 Å². The van der Waals surface area contributed by atoms with Gasteiger partial charge in [-0.15, -0.1) is 0 Å². The summed E-state index contributed by atoms with van der Waals surface area (Å²) in [5.74, 6) is -1.51. The average molecular weight is 218 g/mol. The van der Waals surface area contributed by atoms with Gasteiger partial charge >= 0.3 is 10.7 Å². The molecule has 0 fully saturated rings. The van der Waals surface area contributed by atoms with E-state index in [-0.39, 0.29) is 6.61 Å². The summed E-state index contributed by atoms with van der Waals surface area (Å²) in [5.41, 5.74) is 1.54. The minimum absolute atomic E-state index is 0.148. The van der Waals surface area contributed by atoms with Crippen molar-refractivity contribution in [3.8, 4) is 0 Å². The summed E-state index contributed by atoms with van der Waals surface area (Å²) >= 11 is 1.85. The lowest BCUT2D eigenvalue weighted by Crippen LogP contribution is -2.35. The van der Waals surface area contributed by atoms with E-state index in [4.69, 9.17) is 0 Å². The minimum Gasteiger partial charge on any atom is -0.274 e. The van der Waals surface area contributed by atoms with Crippen molar-refractivity contribution in [3.63, 3.8) is 0 Å². The first kappa shape index (κ1) is 9.77. The molecule has 0 saturated carbocycles. The summed E-state index contributed by atoms with van der Waals surface area (Å²) in [7, 11) is 0. The smallest absolute Gasteiger partial charge is 0.274 e. The van der Waals surface area contributed by atoms with Crippen LogP contribution in [-0.4, -0.2) is 17.3 Å². The van der Waals surface area contributed by atoms with Gasteiger partial charge in [0.25, 0.3) is 0 Å². The van der Waals surface area contributed by atoms with Gasteiger partial charge in [-0.25, -0.2) is 5.48 Å². The maximum Gasteiger partial charge on any atom is 0.379 e. The molecule has 0 aromatic carbocycles. The molecule has 0 aliphatic carbocycles. The number of rotatable bonds is 3. The fourth-order valence-corrected chi connectivity index (χ4v) is 0.277. The summed E-state index contributed by atoms with van der Waals surface area (Å²) in [6, 6.07) is 0. The van der Waals surface area contributed by atoms with Crippen molar-refractivity contribution in [1.82, 2.24) is 5.48 Å². The van der Waals surface area contributed by atoms with Gasteiger partial charge in [0.05, 0.1) is 6.61 Å². The quantitative estimate of drug-likeness (QED) is 0.567. The Kier molecular flexibility index (Phi) is 3.73. The second-order valence-corrected chi connectivity index (χ2v) is 2.36. The number of hydroxylamine groups is 1. The molecule has 60 valence electrons. The van der Waals surface area contributed by atoms with Crippen molar-refractivity contribution in [2.45, 2.75) is 11.8 Å². The van der Waals surface area contributed by atoms with Gasteiger partial charge in [-0.1, -0.05) is 0 Å². The number of carbonyl (C=O) groups is 1. The molecule has 0 radical (unpaired) electrons. The van der Waals surface area contributed by atoms with Gasteiger partial charge in [0.15, 0.2) is 0 Å². The molecule has 0 saturated heterocycles. The van der Waals surface area contributed by atoms with Gasteiger partial charge in [-0.05, 0) is 6.92 Å². The van der Waals surface area contributed by atoms with E-state index in [2.05, 4.69) is 4.84 Å². The summed E-state index contributed by atoms with van der Waals surface area (Å²) in [6.45, 7) is 1.71. The second kappa shape index (κ2) is 3.82. The standard InChI is InChI=1S/C4H6BrF2NO2/c1-2-10-8-3(9)4(5,6)7/h2H2,1H3,(H,8,9). The molecule has 0 aliphatic rings. The van der Waals surface area contributed by atoms with Crippen molar-refractivity contribution in [2.75, 3.05) is 6.61 Å². The fraction of sp³-hybridized carbons (Fsp3) is 0.750. The van der Waals surface area contributed by atoms with Gasteiger partial charge in [0, 0.05) is 15.9 Å². The highest BCUT2D eigenvalue weighted by molar-refractivity contribution is 9.10. The second-order valence-electron chi connectivity index (χ2n) is 1.36. The summed E-state index contributed by atoms with van der Waals surface area (Å²) < 4.78 is 23.7. The van der Waals surface area contributed by atoms with Crippen LogP contribution >= 0.6 is 15.9 Å². The Morgan fingerprint density at radius 3 is 2.60 bits per heavy atom. The van der Waals surface area contributed by atoms with Gasteiger partial charge in [-0.2, -0.15) is 8.78 Å². The molecule has 0 heterocycles. The number of nitrogens with one attached hydrogen (secondary N) is 1. The zero-order valence-electron chi connectivity index (χ0n) is 5.16. The van der Waals surface area contributed by atoms with Crippen LogP contribution in [-0.2, 0) is 9.63 Å². The third-order valence-corrected chi connectivity index (χ3v) is 0.927. The molecule has 1 N–H and O–H groups in total. The molecule has 1 amide bonds. The third kappa shape index (κ3) is 3.73. The summed E-state index contributed by atoms with van der Waals surface area (Å²) in [6.07, 6.45) is 0. The number of amides is 1. The Balaban J connectivity index is 3.64. The minimum atomic E-state index is -3.55. The van der Waals surface area contributed by atoms with E-state index in [0.717, 1.165) is 0 Å². The van der Waals surface area contributed by atoms with Crippen molar-refractivity contribution in [1.29, 1.82) is 0 Å². The van der Waals surface area contributed by atoms with Gasteiger partial charge in [-0.3, -0.25) is 9.63 Å². The van der Waals surface area contributed by atoms with Gasteiger partial charge in [0.2, 0.25) is 0 Å². The molecule has 0 aliphatic heterocycles. The molecule has 0 atom stereocenters. The average Bonchev–Trinajstić information content (AvgIpc) is 1.80. The van der Waals surface area contributed by atoms with Crippen molar-refractivity contribution >= 4 is 21.8 Å². The normalized spacial score (nSPS) is 11.2. The largest absolute Gasteiger partial charge is 0.379 e. The molecule has 10 heavy (non-hydrogen) atoms. The Hall–Kier alpha value is -0.230. The Morgan fingerprint density at radius 1 is 1.80 bits per heavy atom. The Labute approximate surface area is 64.8 Å². The van der Waals surface area contributed by atoms with Crippen molar-refractivity contribution in [3.05, 3.63) is 0 Å². The molecule has 0 rings (SSSR count). The first-order valence-corrected chi connectivity index (χ1v) is 3.26. The lowest BCUT2D eigenvalue weighted by Gasteiger charge is -2.07. The number of carbonyl (C=O) groups excluding carboxylic acids is 1. The highest BCUT2D eigenvalue weighted by Crippen LogP contribution is 2.20. The van der Waals surface area contributed by atoms with Gasteiger partial charge < -0.3 is 0 Å². The van der Waals surface area contributed by atoms with Crippen LogP contribution in [0.25, 0.3) is 0 Å². The van der Waals surface area contributed by atoms with E-state index < -0.39 is 10.7 Å². The zero-order valence-corrected chi connectivity index (χ0v) is 6.74. The predicted octanol–water partition coefficient (Wildman–Crippen LogP) is 1.04. The molecule has 0 aromatic rings. The predicted molar refractivity (Wildman–Crippen MR) is 33.6 cm³/mol. The number of halogens is 3. The molecular weight excluding hydrogens is 212 g/mol. The zero-order chi connectivity index (χ0) is 8.20. The van der Waals surface area contributed by atoms with Crippen LogP contribution in [0.15, 0.2) is 0 Å². The van der Waals surface area contributed by atoms with Crippen LogP contribution in [0.4, 0.5) is 8.78 Å². The highest BCUT2D eigenvalue weighted by Gasteiger charge is 2.35. The molecule has 0 spiro atoms. The lowest BCUT2D eigenvalue weighted by molar-refractivity contribution is -0.147. The van der Waals surface area contributed by atoms with E-state index in [1.54, 1.807) is 6.92 Å². The summed E-state index contributed by atoms with van der Waals surface area (Å²) in [5, 5.41) is 0. The van der Waals surface area contributed by atoms with E-state index in [1.165, 1.54) is 5.48 Å². The van der Waals surface area contributed by atoms with E-state index in [1.807, 2.05) is 15.9 Å². The molecular formula is C4H6BrF2NO2. The monoisotopic (exact) mass is 217 g/mol. The first-order chi connectivity index (χ1) is 4.48. The van der Waals surface area contributed by atoms with Crippen molar-refractivity contribution in [2.24, 2.45) is 0 Å². The van der Waals surface area contributed by atoms with Crippen LogP contribution in [0, 0.1) is 0 Å². The van der Waals surface area contributed by atoms with Crippen LogP contribution in [0.3, 0.4) is 0 Å². The highest BCUT2D eigenvalue weighted by atomic mass is 79.9. The molecule has 0 aromatic heterocycles. The lowest BCUT2D eigenvalue weighted by atomic mass is 10.7. The number of hydrogen-bond donors (Lipinski definition) is 1. The van der Waals surface area contributed by atoms with Crippen LogP contribution in [0.5, 0.6) is 0 Å². The maximum atomic E-state index is 11.9. The SMILES string of the molecule is CCONC(=O)C(F)(F)Br. The molecule has 3 nitrogen and oxygen atoms in total. The molecule has 6 heteroatoms. The van der Waals surface area contributed by atoms with Gasteiger partial charge in [0.1, 0.15) is 0 Å². The first-order valence-electron chi connectivity index (χ1n) is 2.47. The summed E-state index contributed by atoms with van der Waals surface area (Å²) in [4.78, 5) is 10.8. The van der Waals surface area contributed by atoms with E-state index >= 15 is 0 Å². The van der Waals surface area contributed by atoms with E-state index in [0.29, 0.717) is 0 Å². The Morgan fingerprint density at radius 2 is 2.30 bits per heavy atom. The van der Waals surface area contributed by atoms with Crippen LogP contribution in [0.1, 0.15) is 6.92 Å². The third-order valence-electron chi connectivity index (χ3n) is 0.567. The topological polar surface area (TPSA) is 38.3 Å². The van der Waals surface area contributed by atoms with Crippen LogP contribution < -0.4 is 5.48 Å². The molecule has 0 bridgehead atoms. The van der Waals surface area contributed by atoms with E-state index in [9.17, 15) is 13.6 Å². The molecule has 0 unspecified atom stereocenters.